The molecule has 0 spiro atoms. The summed E-state index contributed by atoms with van der Waals surface area (Å²) in [6.45, 7) is 11.8. The lowest BCUT2D eigenvalue weighted by molar-refractivity contribution is -0.117. The number of hydrogen-bond donors (Lipinski definition) is 1. The van der Waals surface area contributed by atoms with Gasteiger partial charge in [0, 0.05) is 30.8 Å². The van der Waals surface area contributed by atoms with E-state index in [-0.39, 0.29) is 30.5 Å². The number of ketones is 1. The quantitative estimate of drug-likeness (QED) is 0.793. The highest BCUT2D eigenvalue weighted by Gasteiger charge is 2.30. The van der Waals surface area contributed by atoms with Crippen molar-refractivity contribution in [3.63, 3.8) is 0 Å². The second-order valence-electron chi connectivity index (χ2n) is 6.76. The maximum absolute atomic E-state index is 12.2. The number of aliphatic hydroxyl groups excluding tert-OH is 1. The van der Waals surface area contributed by atoms with Crippen LogP contribution in [0.3, 0.4) is 0 Å². The first-order valence-corrected chi connectivity index (χ1v) is 8.32. The number of allylic oxidation sites excluding steroid dienone is 3. The topological polar surface area (TPSA) is 49.8 Å². The average Bonchev–Trinajstić information content (AvgIpc) is 2.50. The molecular formula is C18H29NO3. The number of ether oxygens (including phenoxy) is 1. The first-order valence-electron chi connectivity index (χ1n) is 8.32. The zero-order valence-corrected chi connectivity index (χ0v) is 14.1. The van der Waals surface area contributed by atoms with Gasteiger partial charge in [0.15, 0.2) is 5.78 Å². The molecule has 124 valence electrons. The molecule has 0 amide bonds. The fourth-order valence-electron chi connectivity index (χ4n) is 3.34. The lowest BCUT2D eigenvalue weighted by Gasteiger charge is -2.39. The lowest BCUT2D eigenvalue weighted by Crippen LogP contribution is -2.40. The Kier molecular flexibility index (Phi) is 5.81. The van der Waals surface area contributed by atoms with Crippen molar-refractivity contribution in [3.8, 4) is 0 Å². The summed E-state index contributed by atoms with van der Waals surface area (Å²) in [5, 5.41) is 9.08. The molecule has 2 rings (SSSR count). The standard InChI is InChI=1S/C18H29NO3/c1-12(2)15-9-17(14(4)18(21)10-15)19-7-5-16(6-8-19)22-13(3)11-20/h13,15-16,20H,1,5-11H2,2-4H3/t13-,15?/m1/s1. The van der Waals surface area contributed by atoms with Gasteiger partial charge in [0.25, 0.3) is 0 Å². The molecule has 22 heavy (non-hydrogen) atoms. The molecule has 1 N–H and O–H groups in total. The number of aliphatic hydroxyl groups is 1. The molecule has 0 aromatic rings. The Morgan fingerprint density at radius 3 is 2.59 bits per heavy atom. The number of rotatable bonds is 5. The van der Waals surface area contributed by atoms with E-state index >= 15 is 0 Å². The summed E-state index contributed by atoms with van der Waals surface area (Å²) in [4.78, 5) is 14.6. The van der Waals surface area contributed by atoms with E-state index in [4.69, 9.17) is 9.84 Å². The Morgan fingerprint density at radius 1 is 1.41 bits per heavy atom. The van der Waals surface area contributed by atoms with E-state index < -0.39 is 0 Å². The average molecular weight is 307 g/mol. The molecule has 1 fully saturated rings. The van der Waals surface area contributed by atoms with Crippen LogP contribution in [0.25, 0.3) is 0 Å². The summed E-state index contributed by atoms with van der Waals surface area (Å²) in [6.07, 6.45) is 3.57. The molecular weight excluding hydrogens is 278 g/mol. The molecule has 0 aromatic carbocycles. The minimum Gasteiger partial charge on any atom is -0.394 e. The van der Waals surface area contributed by atoms with Crippen molar-refractivity contribution in [1.82, 2.24) is 4.90 Å². The molecule has 1 unspecified atom stereocenters. The number of Topliss-reactive ketones (excluding diaryl/α,β-unsaturated/α-hetero) is 1. The van der Waals surface area contributed by atoms with Crippen LogP contribution in [0.2, 0.25) is 0 Å². The number of piperidine rings is 1. The van der Waals surface area contributed by atoms with Crippen molar-refractivity contribution in [2.75, 3.05) is 19.7 Å². The molecule has 1 aliphatic heterocycles. The van der Waals surface area contributed by atoms with Crippen molar-refractivity contribution < 1.29 is 14.6 Å². The Hall–Kier alpha value is -1.13. The fraction of sp³-hybridized carbons (Fsp3) is 0.722. The molecule has 2 atom stereocenters. The summed E-state index contributed by atoms with van der Waals surface area (Å²) < 4.78 is 5.81. The third kappa shape index (κ3) is 3.99. The third-order valence-corrected chi connectivity index (χ3v) is 4.93. The number of hydrogen-bond acceptors (Lipinski definition) is 4. The third-order valence-electron chi connectivity index (χ3n) is 4.93. The van der Waals surface area contributed by atoms with Crippen LogP contribution in [0.5, 0.6) is 0 Å². The summed E-state index contributed by atoms with van der Waals surface area (Å²) in [5.74, 6) is 0.552. The number of likely N-dealkylation sites (tertiary alicyclic amines) is 1. The summed E-state index contributed by atoms with van der Waals surface area (Å²) in [5.41, 5.74) is 3.24. The molecule has 2 aliphatic rings. The van der Waals surface area contributed by atoms with Crippen LogP contribution in [0.1, 0.15) is 46.5 Å². The van der Waals surface area contributed by atoms with Gasteiger partial charge in [0.05, 0.1) is 18.8 Å². The van der Waals surface area contributed by atoms with E-state index in [1.807, 2.05) is 20.8 Å². The summed E-state index contributed by atoms with van der Waals surface area (Å²) in [6, 6.07) is 0. The van der Waals surface area contributed by atoms with Crippen LogP contribution >= 0.6 is 0 Å². The molecule has 1 aliphatic carbocycles. The highest BCUT2D eigenvalue weighted by atomic mass is 16.5. The van der Waals surface area contributed by atoms with Gasteiger partial charge in [-0.05, 0) is 46.0 Å². The second-order valence-corrected chi connectivity index (χ2v) is 6.76. The molecule has 4 heteroatoms. The van der Waals surface area contributed by atoms with E-state index in [0.29, 0.717) is 6.42 Å². The minimum absolute atomic E-state index is 0.0687. The van der Waals surface area contributed by atoms with Gasteiger partial charge in [0.2, 0.25) is 0 Å². The van der Waals surface area contributed by atoms with Crippen LogP contribution in [0.15, 0.2) is 23.4 Å². The Morgan fingerprint density at radius 2 is 2.05 bits per heavy atom. The van der Waals surface area contributed by atoms with Crippen LogP contribution in [0.4, 0.5) is 0 Å². The van der Waals surface area contributed by atoms with Crippen molar-refractivity contribution in [2.24, 2.45) is 5.92 Å². The Labute approximate surface area is 133 Å². The van der Waals surface area contributed by atoms with E-state index in [0.717, 1.165) is 43.5 Å². The maximum Gasteiger partial charge on any atom is 0.160 e. The van der Waals surface area contributed by atoms with Crippen molar-refractivity contribution >= 4 is 5.78 Å². The summed E-state index contributed by atoms with van der Waals surface area (Å²) >= 11 is 0. The van der Waals surface area contributed by atoms with Gasteiger partial charge in [-0.1, -0.05) is 12.2 Å². The lowest BCUT2D eigenvalue weighted by atomic mass is 9.82. The van der Waals surface area contributed by atoms with Gasteiger partial charge < -0.3 is 14.7 Å². The Balaban J connectivity index is 1.99. The number of nitrogens with zero attached hydrogens (tertiary/aromatic N) is 1. The van der Waals surface area contributed by atoms with E-state index in [1.165, 1.54) is 5.70 Å². The van der Waals surface area contributed by atoms with Crippen molar-refractivity contribution in [2.45, 2.75) is 58.7 Å². The SMILES string of the molecule is C=C(C)C1CC(=O)C(C)=C(N2CCC(O[C@H](C)CO)CC2)C1. The van der Waals surface area contributed by atoms with Crippen LogP contribution in [-0.2, 0) is 9.53 Å². The maximum atomic E-state index is 12.2. The molecule has 1 saturated heterocycles. The van der Waals surface area contributed by atoms with Gasteiger partial charge in [-0.25, -0.2) is 0 Å². The minimum atomic E-state index is -0.0958. The Bertz CT molecular complexity index is 461. The van der Waals surface area contributed by atoms with Crippen LogP contribution in [0, 0.1) is 5.92 Å². The molecule has 4 nitrogen and oxygen atoms in total. The van der Waals surface area contributed by atoms with Gasteiger partial charge in [0.1, 0.15) is 0 Å². The van der Waals surface area contributed by atoms with E-state index in [9.17, 15) is 4.79 Å². The van der Waals surface area contributed by atoms with Crippen LogP contribution < -0.4 is 0 Å². The second kappa shape index (κ2) is 7.42. The molecule has 0 bridgehead atoms. The molecule has 0 saturated carbocycles. The van der Waals surface area contributed by atoms with Gasteiger partial charge in [-0.3, -0.25) is 4.79 Å². The first kappa shape index (κ1) is 17.2. The predicted octanol–water partition coefficient (Wildman–Crippen LogP) is 2.68. The number of carbonyl (C=O) groups excluding carboxylic acids is 1. The monoisotopic (exact) mass is 307 g/mol. The van der Waals surface area contributed by atoms with Gasteiger partial charge >= 0.3 is 0 Å². The largest absolute Gasteiger partial charge is 0.394 e. The zero-order valence-electron chi connectivity index (χ0n) is 14.1. The van der Waals surface area contributed by atoms with Crippen LogP contribution in [-0.4, -0.2) is 47.7 Å². The van der Waals surface area contributed by atoms with Gasteiger partial charge in [-0.15, -0.1) is 0 Å². The first-order chi connectivity index (χ1) is 10.4. The van der Waals surface area contributed by atoms with Crippen molar-refractivity contribution in [3.05, 3.63) is 23.4 Å². The highest BCUT2D eigenvalue weighted by molar-refractivity contribution is 5.96. The predicted molar refractivity (Wildman–Crippen MR) is 87.5 cm³/mol. The molecule has 0 radical (unpaired) electrons. The zero-order chi connectivity index (χ0) is 16.3. The normalized spacial score (nSPS) is 25.5. The summed E-state index contributed by atoms with van der Waals surface area (Å²) in [7, 11) is 0. The highest BCUT2D eigenvalue weighted by Crippen LogP contribution is 2.34. The van der Waals surface area contributed by atoms with Gasteiger partial charge in [-0.2, -0.15) is 0 Å². The van der Waals surface area contributed by atoms with Crippen molar-refractivity contribution in [1.29, 1.82) is 0 Å². The van der Waals surface area contributed by atoms with E-state index in [2.05, 4.69) is 11.5 Å². The van der Waals surface area contributed by atoms with E-state index in [1.54, 1.807) is 0 Å². The molecule has 0 aromatic heterocycles. The number of carbonyl (C=O) groups is 1. The molecule has 1 heterocycles. The smallest absolute Gasteiger partial charge is 0.160 e. The fourth-order valence-corrected chi connectivity index (χ4v) is 3.34.